The monoisotopic (exact) mass is 265 g/mol. The summed E-state index contributed by atoms with van der Waals surface area (Å²) in [5, 5.41) is 21.6. The molecule has 0 fully saturated rings. The first kappa shape index (κ1) is 15.5. The number of benzene rings is 1. The maximum Gasteiger partial charge on any atom is 0.118 e. The largest absolute Gasteiger partial charge is 0.547 e. The van der Waals surface area contributed by atoms with Crippen LogP contribution in [0.1, 0.15) is 39.2 Å². The number of hydrogen-bond donors (Lipinski definition) is 1. The number of ether oxygens (including phenoxy) is 1. The number of hydrogen-bond acceptors (Lipinski definition) is 4. The van der Waals surface area contributed by atoms with Crippen molar-refractivity contribution in [3.8, 4) is 5.75 Å². The van der Waals surface area contributed by atoms with E-state index in [9.17, 15) is 15.0 Å². The molecule has 0 aromatic heterocycles. The van der Waals surface area contributed by atoms with Crippen LogP contribution in [-0.2, 0) is 10.2 Å². The molecule has 2 unspecified atom stereocenters. The highest BCUT2D eigenvalue weighted by Gasteiger charge is 2.45. The number of carbonyl (C=O) groups is 1. The summed E-state index contributed by atoms with van der Waals surface area (Å²) >= 11 is 0. The van der Waals surface area contributed by atoms with E-state index in [0.717, 1.165) is 12.0 Å². The van der Waals surface area contributed by atoms with Crippen molar-refractivity contribution in [2.75, 3.05) is 7.11 Å². The molecule has 1 aromatic rings. The first-order valence-corrected chi connectivity index (χ1v) is 6.38. The van der Waals surface area contributed by atoms with Gasteiger partial charge in [0.05, 0.1) is 13.1 Å². The van der Waals surface area contributed by atoms with Crippen molar-refractivity contribution in [2.24, 2.45) is 0 Å². The minimum Gasteiger partial charge on any atom is -0.547 e. The Hall–Kier alpha value is -1.55. The molecule has 4 nitrogen and oxygen atoms in total. The molecule has 0 spiro atoms. The zero-order chi connectivity index (χ0) is 14.7. The summed E-state index contributed by atoms with van der Waals surface area (Å²) in [6.45, 7) is 4.99. The van der Waals surface area contributed by atoms with E-state index in [2.05, 4.69) is 0 Å². The minimum atomic E-state index is -1.93. The molecular weight excluding hydrogens is 244 g/mol. The molecule has 0 aliphatic rings. The molecule has 0 amide bonds. The van der Waals surface area contributed by atoms with Gasteiger partial charge in [-0.1, -0.05) is 32.4 Å². The van der Waals surface area contributed by atoms with Crippen LogP contribution in [0.2, 0.25) is 0 Å². The van der Waals surface area contributed by atoms with Crippen molar-refractivity contribution in [3.63, 3.8) is 0 Å². The third-order valence-electron chi connectivity index (χ3n) is 3.95. The SMILES string of the molecule is CCCC(C)(c1ccc(OC)cc1)C(C)(O)C(=O)[O-]. The minimum absolute atomic E-state index is 0.542. The van der Waals surface area contributed by atoms with E-state index in [4.69, 9.17) is 4.74 Å². The number of carboxylic acids is 1. The summed E-state index contributed by atoms with van der Waals surface area (Å²) in [5.74, 6) is -0.769. The van der Waals surface area contributed by atoms with Gasteiger partial charge in [0.15, 0.2) is 0 Å². The standard InChI is InChI=1S/C15H22O4/c1-5-10-14(2,15(3,18)13(16)17)11-6-8-12(19-4)9-7-11/h6-9,18H,5,10H2,1-4H3,(H,16,17)/p-1. The highest BCUT2D eigenvalue weighted by molar-refractivity contribution is 5.77. The quantitative estimate of drug-likeness (QED) is 0.840. The highest BCUT2D eigenvalue weighted by Crippen LogP contribution is 2.39. The molecule has 2 atom stereocenters. The fourth-order valence-electron chi connectivity index (χ4n) is 2.35. The third-order valence-corrected chi connectivity index (χ3v) is 3.95. The first-order valence-electron chi connectivity index (χ1n) is 6.38. The molecule has 0 saturated carbocycles. The van der Waals surface area contributed by atoms with Gasteiger partial charge in [-0.3, -0.25) is 0 Å². The van der Waals surface area contributed by atoms with Crippen LogP contribution in [0.15, 0.2) is 24.3 Å². The second-order valence-electron chi connectivity index (χ2n) is 5.17. The average molecular weight is 265 g/mol. The number of rotatable bonds is 6. The van der Waals surface area contributed by atoms with Gasteiger partial charge in [-0.25, -0.2) is 0 Å². The molecule has 4 heteroatoms. The molecule has 1 aromatic carbocycles. The Kier molecular flexibility index (Phi) is 4.58. The van der Waals surface area contributed by atoms with E-state index in [0.29, 0.717) is 12.2 Å². The van der Waals surface area contributed by atoms with Crippen LogP contribution in [0.5, 0.6) is 5.75 Å². The second-order valence-corrected chi connectivity index (χ2v) is 5.17. The van der Waals surface area contributed by atoms with Crippen LogP contribution in [0.4, 0.5) is 0 Å². The summed E-state index contributed by atoms with van der Waals surface area (Å²) in [5.41, 5.74) is -2.09. The average Bonchev–Trinajstić information content (AvgIpc) is 2.38. The number of methoxy groups -OCH3 is 1. The number of aliphatic carboxylic acids is 1. The Bertz CT molecular complexity index is 436. The third kappa shape index (κ3) is 2.73. The highest BCUT2D eigenvalue weighted by atomic mass is 16.5. The van der Waals surface area contributed by atoms with Gasteiger partial charge in [0.25, 0.3) is 0 Å². The van der Waals surface area contributed by atoms with E-state index < -0.39 is 17.0 Å². The van der Waals surface area contributed by atoms with Crippen LogP contribution in [0.25, 0.3) is 0 Å². The zero-order valence-electron chi connectivity index (χ0n) is 11.9. The van der Waals surface area contributed by atoms with Crippen molar-refractivity contribution >= 4 is 5.97 Å². The maximum absolute atomic E-state index is 11.3. The van der Waals surface area contributed by atoms with Gasteiger partial charge in [-0.2, -0.15) is 0 Å². The van der Waals surface area contributed by atoms with E-state index in [1.807, 2.05) is 6.92 Å². The number of carboxylic acid groups (broad SMARTS) is 1. The lowest BCUT2D eigenvalue weighted by atomic mass is 9.66. The fourth-order valence-corrected chi connectivity index (χ4v) is 2.35. The molecule has 0 radical (unpaired) electrons. The second kappa shape index (κ2) is 5.61. The van der Waals surface area contributed by atoms with Gasteiger partial charge in [-0.15, -0.1) is 0 Å². The van der Waals surface area contributed by atoms with Gasteiger partial charge in [0.2, 0.25) is 0 Å². The summed E-state index contributed by atoms with van der Waals surface area (Å²) in [6, 6.07) is 7.08. The van der Waals surface area contributed by atoms with Crippen LogP contribution in [-0.4, -0.2) is 23.8 Å². The molecule has 19 heavy (non-hydrogen) atoms. The van der Waals surface area contributed by atoms with E-state index in [1.54, 1.807) is 38.3 Å². The van der Waals surface area contributed by atoms with E-state index in [-0.39, 0.29) is 0 Å². The van der Waals surface area contributed by atoms with Crippen LogP contribution >= 0.6 is 0 Å². The normalized spacial score (nSPS) is 17.3. The smallest absolute Gasteiger partial charge is 0.118 e. The molecule has 0 aliphatic carbocycles. The van der Waals surface area contributed by atoms with Crippen molar-refractivity contribution in [3.05, 3.63) is 29.8 Å². The van der Waals surface area contributed by atoms with E-state index >= 15 is 0 Å². The molecular formula is C15H21O4-. The molecule has 0 heterocycles. The van der Waals surface area contributed by atoms with Crippen molar-refractivity contribution in [1.82, 2.24) is 0 Å². The Morgan fingerprint density at radius 2 is 1.84 bits per heavy atom. The number of aliphatic hydroxyl groups is 1. The van der Waals surface area contributed by atoms with Crippen molar-refractivity contribution in [1.29, 1.82) is 0 Å². The first-order chi connectivity index (χ1) is 8.79. The Morgan fingerprint density at radius 1 is 1.32 bits per heavy atom. The van der Waals surface area contributed by atoms with Gasteiger partial charge in [0.1, 0.15) is 11.4 Å². The van der Waals surface area contributed by atoms with Crippen LogP contribution in [0, 0.1) is 0 Å². The van der Waals surface area contributed by atoms with Gasteiger partial charge in [0, 0.05) is 5.41 Å². The molecule has 0 aliphatic heterocycles. The van der Waals surface area contributed by atoms with Gasteiger partial charge in [-0.05, 0) is 31.0 Å². The van der Waals surface area contributed by atoms with E-state index in [1.165, 1.54) is 6.92 Å². The fraction of sp³-hybridized carbons (Fsp3) is 0.533. The Labute approximate surface area is 114 Å². The lowest BCUT2D eigenvalue weighted by Crippen LogP contribution is -2.58. The summed E-state index contributed by atoms with van der Waals surface area (Å²) < 4.78 is 5.08. The lowest BCUT2D eigenvalue weighted by Gasteiger charge is -2.44. The topological polar surface area (TPSA) is 69.6 Å². The van der Waals surface area contributed by atoms with Gasteiger partial charge < -0.3 is 19.7 Å². The van der Waals surface area contributed by atoms with Crippen molar-refractivity contribution in [2.45, 2.75) is 44.6 Å². The molecule has 1 rings (SSSR count). The lowest BCUT2D eigenvalue weighted by molar-refractivity contribution is -0.328. The van der Waals surface area contributed by atoms with Crippen LogP contribution in [0.3, 0.4) is 0 Å². The van der Waals surface area contributed by atoms with Crippen LogP contribution < -0.4 is 9.84 Å². The molecule has 106 valence electrons. The predicted octanol–water partition coefficient (Wildman–Crippen LogP) is 1.25. The molecule has 1 N–H and O–H groups in total. The van der Waals surface area contributed by atoms with Gasteiger partial charge >= 0.3 is 0 Å². The Balaban J connectivity index is 3.28. The maximum atomic E-state index is 11.3. The summed E-state index contributed by atoms with van der Waals surface area (Å²) in [6.07, 6.45) is 1.30. The summed E-state index contributed by atoms with van der Waals surface area (Å²) in [4.78, 5) is 11.3. The van der Waals surface area contributed by atoms with Crippen molar-refractivity contribution < 1.29 is 19.7 Å². The number of carbonyl (C=O) groups excluding carboxylic acids is 1. The summed E-state index contributed by atoms with van der Waals surface area (Å²) in [7, 11) is 1.57. The zero-order valence-corrected chi connectivity index (χ0v) is 11.9. The molecule has 0 bridgehead atoms. The Morgan fingerprint density at radius 3 is 2.21 bits per heavy atom. The molecule has 0 saturated heterocycles. The predicted molar refractivity (Wildman–Crippen MR) is 70.9 cm³/mol.